The minimum Gasteiger partial charge on any atom is -0.363 e. The van der Waals surface area contributed by atoms with Crippen LogP contribution in [0, 0.1) is 0 Å². The molecule has 1 N–H and O–H groups in total. The third-order valence-electron chi connectivity index (χ3n) is 1.61. The van der Waals surface area contributed by atoms with Gasteiger partial charge in [0.25, 0.3) is 0 Å². The van der Waals surface area contributed by atoms with Gasteiger partial charge in [0.2, 0.25) is 0 Å². The molecular formula is C7H12ClNO. The van der Waals surface area contributed by atoms with Crippen molar-refractivity contribution in [2.75, 3.05) is 13.7 Å². The van der Waals surface area contributed by atoms with E-state index in [0.29, 0.717) is 0 Å². The highest BCUT2D eigenvalue weighted by Gasteiger charge is 2.21. The van der Waals surface area contributed by atoms with Crippen molar-refractivity contribution in [1.82, 2.24) is 5.32 Å². The molecule has 0 saturated carbocycles. The van der Waals surface area contributed by atoms with Crippen molar-refractivity contribution in [3.8, 4) is 0 Å². The molecule has 3 heteroatoms. The highest BCUT2D eigenvalue weighted by molar-refractivity contribution is 6.21. The van der Waals surface area contributed by atoms with E-state index < -0.39 is 0 Å². The standard InChI is InChI=1S/C7H12ClNO/c1-5-3-6(8)4-9-7(5)10-2/h6-7,9H,1,3-4H2,2H3. The number of rotatable bonds is 1. The highest BCUT2D eigenvalue weighted by atomic mass is 35.5. The number of ether oxygens (including phenoxy) is 1. The zero-order valence-corrected chi connectivity index (χ0v) is 6.82. The molecule has 1 fully saturated rings. The molecule has 2 nitrogen and oxygen atoms in total. The molecule has 0 aromatic rings. The van der Waals surface area contributed by atoms with Crippen LogP contribution in [-0.2, 0) is 4.74 Å². The zero-order chi connectivity index (χ0) is 7.56. The van der Waals surface area contributed by atoms with E-state index in [0.717, 1.165) is 18.5 Å². The number of alkyl halides is 1. The number of hydrogen-bond donors (Lipinski definition) is 1. The van der Waals surface area contributed by atoms with Crippen molar-refractivity contribution >= 4 is 11.6 Å². The van der Waals surface area contributed by atoms with Crippen molar-refractivity contribution < 1.29 is 4.74 Å². The lowest BCUT2D eigenvalue weighted by Crippen LogP contribution is -2.42. The second kappa shape index (κ2) is 3.37. The molecule has 1 saturated heterocycles. The van der Waals surface area contributed by atoms with Crippen molar-refractivity contribution in [3.05, 3.63) is 12.2 Å². The van der Waals surface area contributed by atoms with Gasteiger partial charge in [0, 0.05) is 19.0 Å². The van der Waals surface area contributed by atoms with Gasteiger partial charge in [0.15, 0.2) is 0 Å². The Kier molecular flexibility index (Phi) is 2.72. The van der Waals surface area contributed by atoms with Crippen molar-refractivity contribution in [3.63, 3.8) is 0 Å². The topological polar surface area (TPSA) is 21.3 Å². The van der Waals surface area contributed by atoms with Crippen molar-refractivity contribution in [1.29, 1.82) is 0 Å². The monoisotopic (exact) mass is 161 g/mol. The molecule has 58 valence electrons. The van der Waals surface area contributed by atoms with E-state index in [4.69, 9.17) is 16.3 Å². The van der Waals surface area contributed by atoms with Crippen LogP contribution in [0.1, 0.15) is 6.42 Å². The van der Waals surface area contributed by atoms with Gasteiger partial charge in [-0.05, 0) is 12.0 Å². The molecule has 10 heavy (non-hydrogen) atoms. The second-order valence-corrected chi connectivity index (χ2v) is 3.10. The fourth-order valence-electron chi connectivity index (χ4n) is 1.09. The van der Waals surface area contributed by atoms with Crippen LogP contribution in [0.25, 0.3) is 0 Å². The normalized spacial score (nSPS) is 34.4. The van der Waals surface area contributed by atoms with Crippen LogP contribution in [0.5, 0.6) is 0 Å². The number of piperidine rings is 1. The Labute approximate surface area is 66.2 Å². The van der Waals surface area contributed by atoms with Gasteiger partial charge in [-0.1, -0.05) is 6.58 Å². The molecule has 2 atom stereocenters. The van der Waals surface area contributed by atoms with Crippen LogP contribution >= 0.6 is 11.6 Å². The van der Waals surface area contributed by atoms with Gasteiger partial charge in [0.05, 0.1) is 0 Å². The van der Waals surface area contributed by atoms with Crippen LogP contribution in [0.3, 0.4) is 0 Å². The molecule has 1 aliphatic heterocycles. The summed E-state index contributed by atoms with van der Waals surface area (Å²) in [5.74, 6) is 0. The molecule has 0 radical (unpaired) electrons. The maximum Gasteiger partial charge on any atom is 0.129 e. The molecule has 1 aliphatic rings. The smallest absolute Gasteiger partial charge is 0.129 e. The summed E-state index contributed by atoms with van der Waals surface area (Å²) < 4.78 is 5.08. The summed E-state index contributed by atoms with van der Waals surface area (Å²) in [5, 5.41) is 3.29. The average molecular weight is 162 g/mol. The SMILES string of the molecule is C=C1CC(Cl)CNC1OC. The van der Waals surface area contributed by atoms with Gasteiger partial charge in [-0.2, -0.15) is 0 Å². The number of halogens is 1. The third-order valence-corrected chi connectivity index (χ3v) is 1.92. The maximum atomic E-state index is 5.85. The molecule has 0 aromatic heterocycles. The summed E-state index contributed by atoms with van der Waals surface area (Å²) in [7, 11) is 1.66. The van der Waals surface area contributed by atoms with E-state index >= 15 is 0 Å². The van der Waals surface area contributed by atoms with Gasteiger partial charge in [-0.25, -0.2) is 0 Å². The Morgan fingerprint density at radius 3 is 3.00 bits per heavy atom. The lowest BCUT2D eigenvalue weighted by molar-refractivity contribution is 0.0919. The van der Waals surface area contributed by atoms with Gasteiger partial charge in [-0.3, -0.25) is 5.32 Å². The number of hydrogen-bond acceptors (Lipinski definition) is 2. The maximum absolute atomic E-state index is 5.85. The van der Waals surface area contributed by atoms with Gasteiger partial charge < -0.3 is 4.74 Å². The molecule has 1 rings (SSSR count). The van der Waals surface area contributed by atoms with E-state index in [1.807, 2.05) is 0 Å². The lowest BCUT2D eigenvalue weighted by Gasteiger charge is -2.27. The van der Waals surface area contributed by atoms with Gasteiger partial charge >= 0.3 is 0 Å². The van der Waals surface area contributed by atoms with Gasteiger partial charge in [0.1, 0.15) is 6.23 Å². The molecule has 0 aromatic carbocycles. The van der Waals surface area contributed by atoms with E-state index in [-0.39, 0.29) is 11.6 Å². The number of methoxy groups -OCH3 is 1. The molecule has 0 amide bonds. The Bertz CT molecular complexity index is 138. The Hall–Kier alpha value is -0.0500. The predicted octanol–water partition coefficient (Wildman–Crippen LogP) is 1.12. The first-order valence-corrected chi connectivity index (χ1v) is 3.75. The summed E-state index contributed by atoms with van der Waals surface area (Å²) in [6, 6.07) is 0. The van der Waals surface area contributed by atoms with Crippen molar-refractivity contribution in [2.45, 2.75) is 18.0 Å². The summed E-state index contributed by atoms with van der Waals surface area (Å²) in [6.07, 6.45) is 0.863. The highest BCUT2D eigenvalue weighted by Crippen LogP contribution is 2.17. The summed E-state index contributed by atoms with van der Waals surface area (Å²) in [6.45, 7) is 4.65. The third kappa shape index (κ3) is 1.72. The first-order valence-electron chi connectivity index (χ1n) is 3.32. The number of nitrogens with one attached hydrogen (secondary N) is 1. The van der Waals surface area contributed by atoms with Crippen LogP contribution in [0.4, 0.5) is 0 Å². The van der Waals surface area contributed by atoms with E-state index in [1.165, 1.54) is 0 Å². The van der Waals surface area contributed by atoms with Gasteiger partial charge in [-0.15, -0.1) is 11.6 Å². The molecule has 2 unspecified atom stereocenters. The van der Waals surface area contributed by atoms with Crippen molar-refractivity contribution in [2.24, 2.45) is 0 Å². The molecular weight excluding hydrogens is 150 g/mol. The summed E-state index contributed by atoms with van der Waals surface area (Å²) in [4.78, 5) is 0. The minimum absolute atomic E-state index is 0.00926. The second-order valence-electron chi connectivity index (χ2n) is 2.48. The van der Waals surface area contributed by atoms with E-state index in [1.54, 1.807) is 7.11 Å². The van der Waals surface area contributed by atoms with E-state index in [9.17, 15) is 0 Å². The Morgan fingerprint density at radius 2 is 2.50 bits per heavy atom. The minimum atomic E-state index is 0.00926. The van der Waals surface area contributed by atoms with Crippen LogP contribution < -0.4 is 5.32 Å². The van der Waals surface area contributed by atoms with Crippen LogP contribution in [0.15, 0.2) is 12.2 Å². The summed E-state index contributed by atoms with van der Waals surface area (Å²) in [5.41, 5.74) is 1.04. The quantitative estimate of drug-likeness (QED) is 0.460. The first-order chi connectivity index (χ1) is 4.74. The summed E-state index contributed by atoms with van der Waals surface area (Å²) >= 11 is 5.85. The molecule has 0 bridgehead atoms. The predicted molar refractivity (Wildman–Crippen MR) is 42.2 cm³/mol. The first kappa shape index (κ1) is 8.05. The zero-order valence-electron chi connectivity index (χ0n) is 6.06. The van der Waals surface area contributed by atoms with Crippen LogP contribution in [-0.4, -0.2) is 25.3 Å². The average Bonchev–Trinajstić information content (AvgIpc) is 1.88. The largest absolute Gasteiger partial charge is 0.363 e. The fourth-order valence-corrected chi connectivity index (χ4v) is 1.38. The van der Waals surface area contributed by atoms with E-state index in [2.05, 4.69) is 11.9 Å². The molecule has 1 heterocycles. The lowest BCUT2D eigenvalue weighted by atomic mass is 10.1. The Morgan fingerprint density at radius 1 is 1.80 bits per heavy atom. The fraction of sp³-hybridized carbons (Fsp3) is 0.714. The van der Waals surface area contributed by atoms with Crippen LogP contribution in [0.2, 0.25) is 0 Å². The molecule has 0 aliphatic carbocycles. The molecule has 0 spiro atoms. The Balaban J connectivity index is 2.43.